The summed E-state index contributed by atoms with van der Waals surface area (Å²) in [4.78, 5) is 4.27. The van der Waals surface area contributed by atoms with Gasteiger partial charge in [-0.15, -0.1) is 0 Å². The maximum Gasteiger partial charge on any atom is 0.119 e. The lowest BCUT2D eigenvalue weighted by atomic mass is 10.1. The second-order valence-electron chi connectivity index (χ2n) is 4.88. The molecule has 1 unspecified atom stereocenters. The van der Waals surface area contributed by atoms with Gasteiger partial charge in [-0.25, -0.2) is 4.98 Å². The third kappa shape index (κ3) is 4.10. The van der Waals surface area contributed by atoms with E-state index >= 15 is 0 Å². The zero-order valence-corrected chi connectivity index (χ0v) is 11.5. The highest BCUT2D eigenvalue weighted by Crippen LogP contribution is 2.14. The summed E-state index contributed by atoms with van der Waals surface area (Å²) in [5.74, 6) is 1.93. The van der Waals surface area contributed by atoms with E-state index in [-0.39, 0.29) is 6.04 Å². The average molecular weight is 259 g/mol. The molecule has 4 nitrogen and oxygen atoms in total. The Bertz CT molecular complexity index is 520. The highest BCUT2D eigenvalue weighted by molar-refractivity contribution is 5.29. The van der Waals surface area contributed by atoms with Crippen molar-refractivity contribution in [3.8, 4) is 5.75 Å². The Morgan fingerprint density at radius 1 is 1.42 bits per heavy atom. The molecular weight excluding hydrogens is 238 g/mol. The molecular formula is C15H21N3O. The third-order valence-corrected chi connectivity index (χ3v) is 2.97. The molecule has 0 spiro atoms. The first-order chi connectivity index (χ1) is 9.15. The predicted octanol–water partition coefficient (Wildman–Crippen LogP) is 1.93. The monoisotopic (exact) mass is 259 g/mol. The first kappa shape index (κ1) is 13.6. The number of imidazole rings is 1. The van der Waals surface area contributed by atoms with Crippen LogP contribution in [-0.4, -0.2) is 22.2 Å². The molecule has 1 aromatic heterocycles. The van der Waals surface area contributed by atoms with Crippen molar-refractivity contribution in [1.82, 2.24) is 9.55 Å². The zero-order chi connectivity index (χ0) is 13.7. The van der Waals surface area contributed by atoms with Crippen molar-refractivity contribution in [1.29, 1.82) is 0 Å². The fourth-order valence-electron chi connectivity index (χ4n) is 2.03. The number of nitrogens with zero attached hydrogens (tertiary/aromatic N) is 2. The Balaban J connectivity index is 1.87. The lowest BCUT2D eigenvalue weighted by molar-refractivity contribution is 0.317. The minimum Gasteiger partial charge on any atom is -0.493 e. The van der Waals surface area contributed by atoms with Crippen LogP contribution in [0.1, 0.15) is 18.3 Å². The summed E-state index contributed by atoms with van der Waals surface area (Å²) >= 11 is 0. The molecule has 0 aliphatic rings. The van der Waals surface area contributed by atoms with Crippen LogP contribution >= 0.6 is 0 Å². The Morgan fingerprint density at radius 3 is 2.95 bits per heavy atom. The van der Waals surface area contributed by atoms with Gasteiger partial charge in [-0.3, -0.25) is 0 Å². The van der Waals surface area contributed by atoms with E-state index in [1.165, 1.54) is 5.56 Å². The molecule has 0 radical (unpaired) electrons. The van der Waals surface area contributed by atoms with Gasteiger partial charge in [-0.2, -0.15) is 0 Å². The summed E-state index contributed by atoms with van der Waals surface area (Å²) in [5.41, 5.74) is 7.02. The van der Waals surface area contributed by atoms with Crippen LogP contribution in [0.15, 0.2) is 36.7 Å². The van der Waals surface area contributed by atoms with Gasteiger partial charge in [0.25, 0.3) is 0 Å². The predicted molar refractivity (Wildman–Crippen MR) is 76.2 cm³/mol. The number of ether oxygens (including phenoxy) is 1. The van der Waals surface area contributed by atoms with E-state index in [1.807, 2.05) is 36.9 Å². The zero-order valence-electron chi connectivity index (χ0n) is 11.5. The summed E-state index contributed by atoms with van der Waals surface area (Å²) in [6.07, 6.45) is 5.43. The van der Waals surface area contributed by atoms with Crippen LogP contribution in [0.5, 0.6) is 5.75 Å². The fourth-order valence-corrected chi connectivity index (χ4v) is 2.03. The minimum atomic E-state index is 0.169. The van der Waals surface area contributed by atoms with Gasteiger partial charge in [0, 0.05) is 31.9 Å². The topological polar surface area (TPSA) is 53.1 Å². The largest absolute Gasteiger partial charge is 0.493 e. The number of aryl methyl sites for hydroxylation is 1. The van der Waals surface area contributed by atoms with E-state index in [0.29, 0.717) is 6.61 Å². The standard InChI is InChI=1S/C15H21N3O/c1-12(16)10-13-4-3-5-14(11-13)19-9-6-15-17-7-8-18(15)2/h3-5,7-8,11-12H,6,9-10,16H2,1-2H3. The number of rotatable bonds is 6. The van der Waals surface area contributed by atoms with E-state index in [2.05, 4.69) is 17.1 Å². The Kier molecular flexibility index (Phi) is 4.58. The Morgan fingerprint density at radius 2 is 2.26 bits per heavy atom. The first-order valence-corrected chi connectivity index (χ1v) is 6.58. The van der Waals surface area contributed by atoms with Crippen LogP contribution < -0.4 is 10.5 Å². The molecule has 0 saturated heterocycles. The number of hydrogen-bond donors (Lipinski definition) is 1. The fraction of sp³-hybridized carbons (Fsp3) is 0.400. The third-order valence-electron chi connectivity index (χ3n) is 2.97. The molecule has 19 heavy (non-hydrogen) atoms. The van der Waals surface area contributed by atoms with E-state index in [0.717, 1.165) is 24.4 Å². The van der Waals surface area contributed by atoms with Crippen molar-refractivity contribution in [3.05, 3.63) is 48.0 Å². The molecule has 1 aromatic carbocycles. The molecule has 0 aliphatic carbocycles. The van der Waals surface area contributed by atoms with Gasteiger partial charge in [0.05, 0.1) is 6.61 Å². The maximum atomic E-state index is 5.80. The highest BCUT2D eigenvalue weighted by Gasteiger charge is 2.02. The van der Waals surface area contributed by atoms with Gasteiger partial charge in [0.1, 0.15) is 11.6 Å². The lowest BCUT2D eigenvalue weighted by Gasteiger charge is -2.09. The van der Waals surface area contributed by atoms with Gasteiger partial charge in [-0.1, -0.05) is 12.1 Å². The smallest absolute Gasteiger partial charge is 0.119 e. The second-order valence-corrected chi connectivity index (χ2v) is 4.88. The van der Waals surface area contributed by atoms with Crippen molar-refractivity contribution in [2.75, 3.05) is 6.61 Å². The van der Waals surface area contributed by atoms with E-state index in [9.17, 15) is 0 Å². The maximum absolute atomic E-state index is 5.80. The van der Waals surface area contributed by atoms with Gasteiger partial charge in [0.2, 0.25) is 0 Å². The van der Waals surface area contributed by atoms with Crippen LogP contribution in [0, 0.1) is 0 Å². The van der Waals surface area contributed by atoms with Gasteiger partial charge >= 0.3 is 0 Å². The van der Waals surface area contributed by atoms with Crippen molar-refractivity contribution in [3.63, 3.8) is 0 Å². The lowest BCUT2D eigenvalue weighted by Crippen LogP contribution is -2.17. The number of hydrogen-bond acceptors (Lipinski definition) is 3. The van der Waals surface area contributed by atoms with Crippen LogP contribution in [-0.2, 0) is 19.9 Å². The number of aromatic nitrogens is 2. The molecule has 0 fully saturated rings. The van der Waals surface area contributed by atoms with Crippen LogP contribution in [0.4, 0.5) is 0 Å². The molecule has 1 atom stereocenters. The molecule has 0 amide bonds. The van der Waals surface area contributed by atoms with Crippen LogP contribution in [0.25, 0.3) is 0 Å². The summed E-state index contributed by atoms with van der Waals surface area (Å²) in [5, 5.41) is 0. The first-order valence-electron chi connectivity index (χ1n) is 6.58. The summed E-state index contributed by atoms with van der Waals surface area (Å²) < 4.78 is 7.77. The normalized spacial score (nSPS) is 12.4. The molecule has 2 N–H and O–H groups in total. The minimum absolute atomic E-state index is 0.169. The van der Waals surface area contributed by atoms with Gasteiger partial charge < -0.3 is 15.0 Å². The molecule has 1 heterocycles. The summed E-state index contributed by atoms with van der Waals surface area (Å²) in [7, 11) is 1.99. The van der Waals surface area contributed by atoms with Crippen molar-refractivity contribution in [2.45, 2.75) is 25.8 Å². The van der Waals surface area contributed by atoms with Crippen molar-refractivity contribution >= 4 is 0 Å². The van der Waals surface area contributed by atoms with Crippen LogP contribution in [0.2, 0.25) is 0 Å². The molecule has 0 saturated carbocycles. The highest BCUT2D eigenvalue weighted by atomic mass is 16.5. The van der Waals surface area contributed by atoms with E-state index in [4.69, 9.17) is 10.5 Å². The molecule has 2 aromatic rings. The van der Waals surface area contributed by atoms with E-state index < -0.39 is 0 Å². The number of nitrogens with two attached hydrogens (primary N) is 1. The second kappa shape index (κ2) is 6.38. The number of benzene rings is 1. The van der Waals surface area contributed by atoms with E-state index in [1.54, 1.807) is 6.20 Å². The average Bonchev–Trinajstić information content (AvgIpc) is 2.75. The molecule has 102 valence electrons. The SMILES string of the molecule is CC(N)Cc1cccc(OCCc2nccn2C)c1. The Labute approximate surface area is 114 Å². The summed E-state index contributed by atoms with van der Waals surface area (Å²) in [6.45, 7) is 2.64. The van der Waals surface area contributed by atoms with Gasteiger partial charge in [-0.05, 0) is 31.0 Å². The summed E-state index contributed by atoms with van der Waals surface area (Å²) in [6, 6.07) is 8.29. The quantitative estimate of drug-likeness (QED) is 0.862. The van der Waals surface area contributed by atoms with Crippen LogP contribution in [0.3, 0.4) is 0 Å². The Hall–Kier alpha value is -1.81. The molecule has 4 heteroatoms. The van der Waals surface area contributed by atoms with Gasteiger partial charge in [0.15, 0.2) is 0 Å². The molecule has 0 bridgehead atoms. The molecule has 0 aliphatic heterocycles. The molecule has 2 rings (SSSR count). The van der Waals surface area contributed by atoms with Crippen molar-refractivity contribution in [2.24, 2.45) is 12.8 Å². The van der Waals surface area contributed by atoms with Crippen molar-refractivity contribution < 1.29 is 4.74 Å².